The molecule has 2 saturated heterocycles. The molecule has 2 rings (SSSR count). The van der Waals surface area contributed by atoms with Crippen LogP contribution in [0.25, 0.3) is 0 Å². The zero-order valence-corrected chi connectivity index (χ0v) is 11.4. The zero-order chi connectivity index (χ0) is 13.6. The molecule has 18 heavy (non-hydrogen) atoms. The van der Waals surface area contributed by atoms with Gasteiger partial charge >= 0.3 is 0 Å². The molecular weight excluding hydrogens is 282 g/mol. The van der Waals surface area contributed by atoms with Crippen LogP contribution in [0.15, 0.2) is 0 Å². The van der Waals surface area contributed by atoms with Gasteiger partial charge in [-0.15, -0.1) is 0 Å². The molecule has 2 aliphatic heterocycles. The molecule has 106 valence electrons. The second-order valence-corrected chi connectivity index (χ2v) is 9.36. The quantitative estimate of drug-likeness (QED) is 0.606. The molecule has 2 atom stereocenters. The van der Waals surface area contributed by atoms with Crippen LogP contribution in [0, 0.1) is 0 Å². The van der Waals surface area contributed by atoms with Gasteiger partial charge in [0, 0.05) is 13.1 Å². The molecule has 9 heteroatoms. The summed E-state index contributed by atoms with van der Waals surface area (Å²) in [5.74, 6) is -0.230. The molecule has 0 radical (unpaired) electrons. The third-order valence-corrected chi connectivity index (χ3v) is 7.56. The zero-order valence-electron chi connectivity index (χ0n) is 9.77. The molecule has 0 aliphatic carbocycles. The summed E-state index contributed by atoms with van der Waals surface area (Å²) in [6, 6.07) is 0. The minimum absolute atomic E-state index is 0.0906. The summed E-state index contributed by atoms with van der Waals surface area (Å²) < 4.78 is 48.0. The number of hydrogen-bond donors (Lipinski definition) is 2. The van der Waals surface area contributed by atoms with Gasteiger partial charge in [0.2, 0.25) is 10.0 Å². The lowest BCUT2D eigenvalue weighted by molar-refractivity contribution is 0.0572. The van der Waals surface area contributed by atoms with Crippen LogP contribution in [0.1, 0.15) is 12.8 Å². The average molecular weight is 299 g/mol. The number of aliphatic hydroxyl groups excluding tert-OH is 2. The van der Waals surface area contributed by atoms with Crippen LogP contribution in [-0.2, 0) is 19.9 Å². The van der Waals surface area contributed by atoms with E-state index in [2.05, 4.69) is 0 Å². The Morgan fingerprint density at radius 3 is 1.89 bits per heavy atom. The molecule has 7 nitrogen and oxygen atoms in total. The Hall–Kier alpha value is -0.220. The SMILES string of the molecule is O=S1(=O)CCC(S(=O)(=O)N2CC(O)C(O)C2)CC1. The van der Waals surface area contributed by atoms with Crippen molar-refractivity contribution in [3.05, 3.63) is 0 Å². The predicted molar refractivity (Wildman–Crippen MR) is 64.2 cm³/mol. The predicted octanol–water partition coefficient (Wildman–Crippen LogP) is -2.07. The van der Waals surface area contributed by atoms with E-state index >= 15 is 0 Å². The van der Waals surface area contributed by atoms with Crippen LogP contribution in [-0.4, -0.2) is 73.4 Å². The number of nitrogens with zero attached hydrogens (tertiary/aromatic N) is 1. The summed E-state index contributed by atoms with van der Waals surface area (Å²) in [6.45, 7) is -0.237. The van der Waals surface area contributed by atoms with Crippen LogP contribution in [0.3, 0.4) is 0 Å². The molecular formula is C9H17NO6S2. The fourth-order valence-corrected chi connectivity index (χ4v) is 6.08. The van der Waals surface area contributed by atoms with Crippen molar-refractivity contribution in [2.24, 2.45) is 0 Å². The van der Waals surface area contributed by atoms with Crippen molar-refractivity contribution in [3.8, 4) is 0 Å². The fraction of sp³-hybridized carbons (Fsp3) is 1.00. The molecule has 2 aliphatic rings. The molecule has 0 aromatic heterocycles. The van der Waals surface area contributed by atoms with E-state index in [1.54, 1.807) is 0 Å². The monoisotopic (exact) mass is 299 g/mol. The first-order valence-electron chi connectivity index (χ1n) is 5.78. The lowest BCUT2D eigenvalue weighted by Gasteiger charge is -2.26. The van der Waals surface area contributed by atoms with E-state index in [0.717, 1.165) is 4.31 Å². The maximum atomic E-state index is 12.2. The van der Waals surface area contributed by atoms with E-state index in [-0.39, 0.29) is 37.4 Å². The third-order valence-electron chi connectivity index (χ3n) is 3.51. The molecule has 0 bridgehead atoms. The summed E-state index contributed by atoms with van der Waals surface area (Å²) in [7, 11) is -6.73. The first kappa shape index (κ1) is 14.2. The summed E-state index contributed by atoms with van der Waals surface area (Å²) in [5.41, 5.74) is 0. The standard InChI is InChI=1S/C9H17NO6S2/c11-8-5-10(6-9(8)12)18(15,16)7-1-3-17(13,14)4-2-7/h7-9,11-12H,1-6H2. The van der Waals surface area contributed by atoms with Gasteiger partial charge in [0.25, 0.3) is 0 Å². The van der Waals surface area contributed by atoms with Crippen molar-refractivity contribution < 1.29 is 27.0 Å². The van der Waals surface area contributed by atoms with Gasteiger partial charge in [-0.1, -0.05) is 0 Å². The highest BCUT2D eigenvalue weighted by atomic mass is 32.2. The number of rotatable bonds is 2. The maximum absolute atomic E-state index is 12.2. The van der Waals surface area contributed by atoms with Gasteiger partial charge in [-0.05, 0) is 12.8 Å². The number of aliphatic hydroxyl groups is 2. The molecule has 2 heterocycles. The van der Waals surface area contributed by atoms with Crippen molar-refractivity contribution in [2.45, 2.75) is 30.3 Å². The van der Waals surface area contributed by atoms with Crippen molar-refractivity contribution in [3.63, 3.8) is 0 Å². The Labute approximate surface area is 106 Å². The van der Waals surface area contributed by atoms with Gasteiger partial charge in [-0.2, -0.15) is 4.31 Å². The van der Waals surface area contributed by atoms with Crippen LogP contribution in [0.5, 0.6) is 0 Å². The normalized spacial score (nSPS) is 34.8. The summed E-state index contributed by atoms with van der Waals surface area (Å²) in [4.78, 5) is 0. The van der Waals surface area contributed by atoms with Gasteiger partial charge in [0.15, 0.2) is 0 Å². The average Bonchev–Trinajstić information content (AvgIpc) is 2.59. The van der Waals surface area contributed by atoms with E-state index in [0.29, 0.717) is 0 Å². The van der Waals surface area contributed by atoms with E-state index in [1.807, 2.05) is 0 Å². The minimum Gasteiger partial charge on any atom is -0.389 e. The summed E-state index contributed by atoms with van der Waals surface area (Å²) in [5, 5.41) is 18.0. The Morgan fingerprint density at radius 1 is 1.00 bits per heavy atom. The topological polar surface area (TPSA) is 112 Å². The number of sulfone groups is 1. The molecule has 0 spiro atoms. The maximum Gasteiger partial charge on any atom is 0.217 e. The van der Waals surface area contributed by atoms with Gasteiger partial charge < -0.3 is 10.2 Å². The van der Waals surface area contributed by atoms with E-state index in [4.69, 9.17) is 0 Å². The molecule has 0 saturated carbocycles. The Kier molecular flexibility index (Phi) is 3.72. The summed E-state index contributed by atoms with van der Waals surface area (Å²) >= 11 is 0. The fourth-order valence-electron chi connectivity index (χ4n) is 2.32. The van der Waals surface area contributed by atoms with Gasteiger partial charge in [-0.25, -0.2) is 16.8 Å². The highest BCUT2D eigenvalue weighted by Gasteiger charge is 2.42. The Bertz CT molecular complexity index is 489. The van der Waals surface area contributed by atoms with Crippen molar-refractivity contribution in [2.75, 3.05) is 24.6 Å². The van der Waals surface area contributed by atoms with Crippen molar-refractivity contribution in [1.82, 2.24) is 4.31 Å². The molecule has 2 N–H and O–H groups in total. The Balaban J connectivity index is 2.09. The van der Waals surface area contributed by atoms with Gasteiger partial charge in [-0.3, -0.25) is 0 Å². The first-order valence-corrected chi connectivity index (χ1v) is 9.10. The van der Waals surface area contributed by atoms with Crippen LogP contribution >= 0.6 is 0 Å². The third kappa shape index (κ3) is 2.69. The van der Waals surface area contributed by atoms with Crippen molar-refractivity contribution >= 4 is 19.9 Å². The van der Waals surface area contributed by atoms with Crippen molar-refractivity contribution in [1.29, 1.82) is 0 Å². The molecule has 0 amide bonds. The summed E-state index contributed by atoms with van der Waals surface area (Å²) in [6.07, 6.45) is -1.94. The molecule has 2 fully saturated rings. The lowest BCUT2D eigenvalue weighted by Crippen LogP contribution is -2.42. The molecule has 0 aromatic rings. The largest absolute Gasteiger partial charge is 0.389 e. The lowest BCUT2D eigenvalue weighted by atomic mass is 10.2. The second kappa shape index (κ2) is 4.71. The number of hydrogen-bond acceptors (Lipinski definition) is 6. The van der Waals surface area contributed by atoms with E-state index in [1.165, 1.54) is 0 Å². The highest BCUT2D eigenvalue weighted by Crippen LogP contribution is 2.25. The van der Waals surface area contributed by atoms with E-state index < -0.39 is 37.3 Å². The highest BCUT2D eigenvalue weighted by molar-refractivity contribution is 7.92. The van der Waals surface area contributed by atoms with Gasteiger partial charge in [0.1, 0.15) is 9.84 Å². The number of sulfonamides is 1. The first-order chi connectivity index (χ1) is 8.22. The Morgan fingerprint density at radius 2 is 1.44 bits per heavy atom. The van der Waals surface area contributed by atoms with Crippen LogP contribution in [0.4, 0.5) is 0 Å². The van der Waals surface area contributed by atoms with Gasteiger partial charge in [0.05, 0.1) is 29.0 Å². The minimum atomic E-state index is -3.63. The van der Waals surface area contributed by atoms with Crippen LogP contribution < -0.4 is 0 Å². The van der Waals surface area contributed by atoms with E-state index in [9.17, 15) is 27.0 Å². The molecule has 2 unspecified atom stereocenters. The number of β-amino-alcohol motifs (C(OH)–C–C–N with tert-alkyl or cyclic N) is 2. The van der Waals surface area contributed by atoms with Crippen LogP contribution in [0.2, 0.25) is 0 Å². The smallest absolute Gasteiger partial charge is 0.217 e. The second-order valence-electron chi connectivity index (χ2n) is 4.85. The molecule has 0 aromatic carbocycles.